The summed E-state index contributed by atoms with van der Waals surface area (Å²) in [6, 6.07) is 11.3. The van der Waals surface area contributed by atoms with E-state index < -0.39 is 0 Å². The van der Waals surface area contributed by atoms with Gasteiger partial charge < -0.3 is 4.74 Å². The van der Waals surface area contributed by atoms with E-state index in [1.165, 1.54) is 6.07 Å². The number of nitrogens with one attached hydrogen (secondary N) is 1. The lowest BCUT2D eigenvalue weighted by atomic mass is 10.1. The van der Waals surface area contributed by atoms with Crippen LogP contribution in [0.2, 0.25) is 10.0 Å². The molecular formula is C15H15Cl2FN2O. The Bertz CT molecular complexity index is 590. The van der Waals surface area contributed by atoms with Crippen LogP contribution in [0.5, 0.6) is 5.75 Å². The van der Waals surface area contributed by atoms with Crippen molar-refractivity contribution < 1.29 is 9.13 Å². The van der Waals surface area contributed by atoms with Crippen LogP contribution in [0.3, 0.4) is 0 Å². The van der Waals surface area contributed by atoms with E-state index in [2.05, 4.69) is 5.43 Å². The van der Waals surface area contributed by atoms with Crippen molar-refractivity contribution in [2.75, 3.05) is 6.61 Å². The molecule has 0 radical (unpaired) electrons. The highest BCUT2D eigenvalue weighted by Gasteiger charge is 2.14. The van der Waals surface area contributed by atoms with Crippen LogP contribution < -0.4 is 16.0 Å². The van der Waals surface area contributed by atoms with Gasteiger partial charge in [-0.15, -0.1) is 0 Å². The number of halogens is 3. The molecule has 2 aromatic carbocycles. The maximum absolute atomic E-state index is 13.8. The van der Waals surface area contributed by atoms with Crippen LogP contribution in [0.15, 0.2) is 42.5 Å². The number of ether oxygens (including phenoxy) is 1. The van der Waals surface area contributed by atoms with Gasteiger partial charge in [0, 0.05) is 15.6 Å². The molecule has 2 aromatic rings. The maximum atomic E-state index is 13.8. The standard InChI is InChI=1S/C15H15Cl2FN2O/c16-10-3-1-4-12(7-10)21-9-11(20-19)8-13-14(17)5-2-6-15(13)18/h1-7,11,20H,8-9,19H2. The average molecular weight is 329 g/mol. The zero-order valence-corrected chi connectivity index (χ0v) is 12.7. The third kappa shape index (κ3) is 4.58. The smallest absolute Gasteiger partial charge is 0.127 e. The molecule has 21 heavy (non-hydrogen) atoms. The first-order chi connectivity index (χ1) is 10.1. The highest BCUT2D eigenvalue weighted by molar-refractivity contribution is 6.31. The minimum Gasteiger partial charge on any atom is -0.492 e. The number of hydrazine groups is 1. The fraction of sp³-hybridized carbons (Fsp3) is 0.200. The molecule has 0 amide bonds. The van der Waals surface area contributed by atoms with Gasteiger partial charge in [-0.05, 0) is 36.8 Å². The number of hydrogen-bond donors (Lipinski definition) is 2. The summed E-state index contributed by atoms with van der Waals surface area (Å²) in [5.41, 5.74) is 3.02. The molecule has 3 nitrogen and oxygen atoms in total. The first kappa shape index (κ1) is 16.0. The molecule has 0 bridgehead atoms. The van der Waals surface area contributed by atoms with Gasteiger partial charge in [-0.25, -0.2) is 4.39 Å². The van der Waals surface area contributed by atoms with E-state index in [-0.39, 0.29) is 18.5 Å². The van der Waals surface area contributed by atoms with E-state index >= 15 is 0 Å². The highest BCUT2D eigenvalue weighted by atomic mass is 35.5. The van der Waals surface area contributed by atoms with Crippen molar-refractivity contribution in [1.29, 1.82) is 0 Å². The Kier molecular flexibility index (Phi) is 5.82. The molecule has 0 saturated carbocycles. The van der Waals surface area contributed by atoms with Gasteiger partial charge in [0.05, 0.1) is 6.04 Å². The lowest BCUT2D eigenvalue weighted by Crippen LogP contribution is -2.41. The second kappa shape index (κ2) is 7.61. The van der Waals surface area contributed by atoms with Crippen LogP contribution in [0.1, 0.15) is 5.56 Å². The van der Waals surface area contributed by atoms with Crippen molar-refractivity contribution in [3.8, 4) is 5.75 Å². The first-order valence-electron chi connectivity index (χ1n) is 6.37. The summed E-state index contributed by atoms with van der Waals surface area (Å²) in [5, 5.41) is 0.958. The topological polar surface area (TPSA) is 47.3 Å². The SMILES string of the molecule is NNC(COc1cccc(Cl)c1)Cc1c(F)cccc1Cl. The average Bonchev–Trinajstić information content (AvgIpc) is 2.46. The molecule has 1 atom stereocenters. The molecule has 2 rings (SSSR count). The van der Waals surface area contributed by atoms with Gasteiger partial charge in [0.2, 0.25) is 0 Å². The van der Waals surface area contributed by atoms with Gasteiger partial charge in [0.1, 0.15) is 18.2 Å². The van der Waals surface area contributed by atoms with Gasteiger partial charge in [-0.3, -0.25) is 11.3 Å². The second-order valence-electron chi connectivity index (χ2n) is 4.54. The Morgan fingerprint density at radius 1 is 1.19 bits per heavy atom. The van der Waals surface area contributed by atoms with Crippen molar-refractivity contribution >= 4 is 23.2 Å². The van der Waals surface area contributed by atoms with Crippen molar-refractivity contribution in [2.45, 2.75) is 12.5 Å². The number of benzene rings is 2. The molecule has 3 N–H and O–H groups in total. The zero-order valence-electron chi connectivity index (χ0n) is 11.2. The minimum atomic E-state index is -0.356. The van der Waals surface area contributed by atoms with Gasteiger partial charge in [0.25, 0.3) is 0 Å². The zero-order chi connectivity index (χ0) is 15.2. The third-order valence-corrected chi connectivity index (χ3v) is 3.58. The van der Waals surface area contributed by atoms with Crippen molar-refractivity contribution in [1.82, 2.24) is 5.43 Å². The van der Waals surface area contributed by atoms with Crippen LogP contribution in [0.4, 0.5) is 4.39 Å². The normalized spacial score (nSPS) is 12.2. The molecule has 0 heterocycles. The highest BCUT2D eigenvalue weighted by Crippen LogP contribution is 2.21. The van der Waals surface area contributed by atoms with Crippen molar-refractivity contribution in [3.05, 3.63) is 63.9 Å². The quantitative estimate of drug-likeness (QED) is 0.629. The van der Waals surface area contributed by atoms with E-state index in [1.807, 2.05) is 0 Å². The van der Waals surface area contributed by atoms with Gasteiger partial charge in [-0.2, -0.15) is 0 Å². The molecule has 1 unspecified atom stereocenters. The summed E-state index contributed by atoms with van der Waals surface area (Å²) in [5.74, 6) is 5.76. The molecule has 0 aliphatic rings. The Labute approximate surface area is 132 Å². The maximum Gasteiger partial charge on any atom is 0.127 e. The van der Waals surface area contributed by atoms with Gasteiger partial charge in [-0.1, -0.05) is 35.3 Å². The predicted octanol–water partition coefficient (Wildman–Crippen LogP) is 3.59. The molecule has 6 heteroatoms. The van der Waals surface area contributed by atoms with Crippen LogP contribution >= 0.6 is 23.2 Å². The van der Waals surface area contributed by atoms with E-state index in [9.17, 15) is 4.39 Å². The summed E-state index contributed by atoms with van der Waals surface area (Å²) in [6.45, 7) is 0.265. The van der Waals surface area contributed by atoms with E-state index in [1.54, 1.807) is 36.4 Å². The first-order valence-corrected chi connectivity index (χ1v) is 7.13. The monoisotopic (exact) mass is 328 g/mol. The molecule has 0 aliphatic carbocycles. The summed E-state index contributed by atoms with van der Waals surface area (Å²) in [7, 11) is 0. The molecule has 0 aromatic heterocycles. The molecule has 0 fully saturated rings. The largest absolute Gasteiger partial charge is 0.492 e. The molecule has 0 saturated heterocycles. The van der Waals surface area contributed by atoms with Crippen LogP contribution in [0.25, 0.3) is 0 Å². The summed E-state index contributed by atoms with van der Waals surface area (Å²) in [4.78, 5) is 0. The molecule has 0 aliphatic heterocycles. The van der Waals surface area contributed by atoms with E-state index in [0.717, 1.165) is 0 Å². The number of rotatable bonds is 6. The summed E-state index contributed by atoms with van der Waals surface area (Å²) in [6.07, 6.45) is 0.322. The van der Waals surface area contributed by atoms with Crippen LogP contribution in [-0.2, 0) is 6.42 Å². The number of nitrogens with two attached hydrogens (primary N) is 1. The lowest BCUT2D eigenvalue weighted by molar-refractivity contribution is 0.263. The van der Waals surface area contributed by atoms with E-state index in [0.29, 0.717) is 27.8 Å². The van der Waals surface area contributed by atoms with Gasteiger partial charge in [0.15, 0.2) is 0 Å². The fourth-order valence-electron chi connectivity index (χ4n) is 1.89. The van der Waals surface area contributed by atoms with Gasteiger partial charge >= 0.3 is 0 Å². The minimum absolute atomic E-state index is 0.265. The molecule has 112 valence electrons. The van der Waals surface area contributed by atoms with Crippen LogP contribution in [0, 0.1) is 5.82 Å². The number of hydrogen-bond acceptors (Lipinski definition) is 3. The fourth-order valence-corrected chi connectivity index (χ4v) is 2.31. The Morgan fingerprint density at radius 2 is 1.95 bits per heavy atom. The van der Waals surface area contributed by atoms with Crippen molar-refractivity contribution in [3.63, 3.8) is 0 Å². The van der Waals surface area contributed by atoms with Crippen LogP contribution in [-0.4, -0.2) is 12.6 Å². The summed E-state index contributed by atoms with van der Waals surface area (Å²) >= 11 is 11.9. The molecule has 0 spiro atoms. The third-order valence-electron chi connectivity index (χ3n) is 3.00. The van der Waals surface area contributed by atoms with Crippen molar-refractivity contribution in [2.24, 2.45) is 5.84 Å². The van der Waals surface area contributed by atoms with E-state index in [4.69, 9.17) is 33.8 Å². The molecular weight excluding hydrogens is 314 g/mol. The Hall–Kier alpha value is -1.33. The Balaban J connectivity index is 2.00. The predicted molar refractivity (Wildman–Crippen MR) is 83.2 cm³/mol. The summed E-state index contributed by atoms with van der Waals surface area (Å²) < 4.78 is 19.4. The Morgan fingerprint density at radius 3 is 2.62 bits per heavy atom. The lowest BCUT2D eigenvalue weighted by Gasteiger charge is -2.18. The second-order valence-corrected chi connectivity index (χ2v) is 5.38.